The van der Waals surface area contributed by atoms with Crippen LogP contribution in [0.3, 0.4) is 0 Å². The van der Waals surface area contributed by atoms with E-state index < -0.39 is 26.2 Å². The fourth-order valence-electron chi connectivity index (χ4n) is 2.57. The van der Waals surface area contributed by atoms with E-state index in [-0.39, 0.29) is 16.5 Å². The van der Waals surface area contributed by atoms with Crippen molar-refractivity contribution in [2.24, 2.45) is 14.1 Å². The summed E-state index contributed by atoms with van der Waals surface area (Å²) in [5, 5.41) is 10.8. The molecule has 8 nitrogen and oxygen atoms in total. The summed E-state index contributed by atoms with van der Waals surface area (Å²) >= 11 is 5.97. The maximum absolute atomic E-state index is 12.7. The van der Waals surface area contributed by atoms with Crippen LogP contribution in [0.5, 0.6) is 5.75 Å². The van der Waals surface area contributed by atoms with Gasteiger partial charge < -0.3 is 9.67 Å². The minimum absolute atomic E-state index is 0.0465. The Morgan fingerprint density at radius 3 is 2.38 bits per heavy atom. The number of benzene rings is 2. The molecular formula is C16H14ClN3O5S. The van der Waals surface area contributed by atoms with Gasteiger partial charge in [0.25, 0.3) is 15.6 Å². The van der Waals surface area contributed by atoms with E-state index in [4.69, 9.17) is 11.6 Å². The van der Waals surface area contributed by atoms with Crippen molar-refractivity contribution < 1.29 is 13.5 Å². The van der Waals surface area contributed by atoms with Gasteiger partial charge in [-0.15, -0.1) is 0 Å². The van der Waals surface area contributed by atoms with Crippen LogP contribution in [-0.4, -0.2) is 22.7 Å². The molecule has 10 heteroatoms. The number of halogens is 1. The second kappa shape index (κ2) is 6.19. The van der Waals surface area contributed by atoms with Crippen molar-refractivity contribution in [3.05, 3.63) is 62.4 Å². The van der Waals surface area contributed by atoms with Gasteiger partial charge in [-0.25, -0.2) is 13.2 Å². The summed E-state index contributed by atoms with van der Waals surface area (Å²) in [6.45, 7) is 0. The van der Waals surface area contributed by atoms with Crippen LogP contribution in [0.2, 0.25) is 5.02 Å². The van der Waals surface area contributed by atoms with Crippen LogP contribution in [0, 0.1) is 0 Å². The minimum Gasteiger partial charge on any atom is -0.506 e. The van der Waals surface area contributed by atoms with Crippen LogP contribution in [-0.2, 0) is 24.1 Å². The zero-order valence-corrected chi connectivity index (χ0v) is 15.3. The highest BCUT2D eigenvalue weighted by atomic mass is 35.5. The number of aromatic hydroxyl groups is 1. The molecule has 1 heterocycles. The number of aromatic nitrogens is 2. The Morgan fingerprint density at radius 1 is 1.12 bits per heavy atom. The number of hydrogen-bond donors (Lipinski definition) is 2. The molecule has 0 bridgehead atoms. The summed E-state index contributed by atoms with van der Waals surface area (Å²) in [5.74, 6) is -0.178. The van der Waals surface area contributed by atoms with Gasteiger partial charge in [0.05, 0.1) is 10.7 Å². The maximum atomic E-state index is 12.7. The summed E-state index contributed by atoms with van der Waals surface area (Å²) in [5.41, 5.74) is -1.50. The quantitative estimate of drug-likeness (QED) is 0.651. The largest absolute Gasteiger partial charge is 0.506 e. The normalized spacial score (nSPS) is 11.7. The molecule has 0 fully saturated rings. The highest BCUT2D eigenvalue weighted by molar-refractivity contribution is 7.92. The molecule has 0 spiro atoms. The Kier molecular flexibility index (Phi) is 4.29. The van der Waals surface area contributed by atoms with Gasteiger partial charge in [0.1, 0.15) is 5.75 Å². The molecule has 3 rings (SSSR count). The van der Waals surface area contributed by atoms with Crippen LogP contribution in [0.15, 0.2) is 51.0 Å². The predicted octanol–water partition coefficient (Wildman–Crippen LogP) is 1.40. The topological polar surface area (TPSA) is 110 Å². The minimum atomic E-state index is -4.31. The number of nitrogens with zero attached hydrogens (tertiary/aromatic N) is 2. The molecule has 136 valence electrons. The van der Waals surface area contributed by atoms with E-state index in [0.717, 1.165) is 10.8 Å². The number of rotatable bonds is 3. The number of sulfonamides is 1. The van der Waals surface area contributed by atoms with E-state index >= 15 is 0 Å². The standard InChI is InChI=1S/C16H14ClN3O5S/c1-19-8-13(15(22)20(2)16(19)23)26(24,25)18-12-7-11(17)14(21)10-6-4-3-5-9(10)12/h3-8,18,21H,1-2H3. The monoisotopic (exact) mass is 395 g/mol. The molecule has 0 saturated heterocycles. The summed E-state index contributed by atoms with van der Waals surface area (Å²) in [6, 6.07) is 7.77. The van der Waals surface area contributed by atoms with E-state index in [2.05, 4.69) is 4.72 Å². The average Bonchev–Trinajstić information content (AvgIpc) is 2.60. The molecule has 1 aromatic heterocycles. The van der Waals surface area contributed by atoms with E-state index in [0.29, 0.717) is 15.3 Å². The number of nitrogens with one attached hydrogen (secondary N) is 1. The van der Waals surface area contributed by atoms with E-state index in [1.54, 1.807) is 24.3 Å². The lowest BCUT2D eigenvalue weighted by atomic mass is 10.1. The predicted molar refractivity (Wildman–Crippen MR) is 98.4 cm³/mol. The second-order valence-electron chi connectivity index (χ2n) is 5.66. The molecule has 0 amide bonds. The molecule has 0 unspecified atom stereocenters. The lowest BCUT2D eigenvalue weighted by Crippen LogP contribution is -2.40. The van der Waals surface area contributed by atoms with E-state index in [1.807, 2.05) is 0 Å². The van der Waals surface area contributed by atoms with Gasteiger partial charge >= 0.3 is 5.69 Å². The van der Waals surface area contributed by atoms with Gasteiger partial charge in [0.2, 0.25) is 0 Å². The third-order valence-corrected chi connectivity index (χ3v) is 5.55. The Morgan fingerprint density at radius 2 is 1.73 bits per heavy atom. The number of fused-ring (bicyclic) bond motifs is 1. The Labute approximate surface area is 152 Å². The summed E-state index contributed by atoms with van der Waals surface area (Å²) in [6.07, 6.45) is 0.956. The molecule has 2 aromatic carbocycles. The van der Waals surface area contributed by atoms with Gasteiger partial charge in [-0.05, 0) is 6.07 Å². The molecule has 0 aliphatic rings. The number of hydrogen-bond acceptors (Lipinski definition) is 5. The first-order valence-electron chi connectivity index (χ1n) is 7.33. The number of aryl methyl sites for hydroxylation is 1. The van der Waals surface area contributed by atoms with Crippen molar-refractivity contribution in [1.29, 1.82) is 0 Å². The highest BCUT2D eigenvalue weighted by Crippen LogP contribution is 2.37. The van der Waals surface area contributed by atoms with Gasteiger partial charge in [0, 0.05) is 31.1 Å². The average molecular weight is 396 g/mol. The molecule has 0 radical (unpaired) electrons. The van der Waals surface area contributed by atoms with Gasteiger partial charge in [-0.2, -0.15) is 0 Å². The first kappa shape index (κ1) is 18.0. The molecule has 0 aliphatic carbocycles. The fourth-order valence-corrected chi connectivity index (χ4v) is 4.01. The van der Waals surface area contributed by atoms with Crippen LogP contribution in [0.1, 0.15) is 0 Å². The first-order chi connectivity index (χ1) is 12.1. The third kappa shape index (κ3) is 2.85. The Bertz CT molecular complexity index is 1260. The maximum Gasteiger partial charge on any atom is 0.330 e. The van der Waals surface area contributed by atoms with Crippen molar-refractivity contribution in [3.8, 4) is 5.75 Å². The van der Waals surface area contributed by atoms with Crippen LogP contribution < -0.4 is 16.0 Å². The number of phenols is 1. The Balaban J connectivity index is 2.22. The van der Waals surface area contributed by atoms with Crippen molar-refractivity contribution >= 4 is 38.1 Å². The molecule has 0 saturated carbocycles. The van der Waals surface area contributed by atoms with Crippen molar-refractivity contribution in [2.45, 2.75) is 4.90 Å². The molecule has 26 heavy (non-hydrogen) atoms. The SMILES string of the molecule is Cn1cc(S(=O)(=O)Nc2cc(Cl)c(O)c3ccccc23)c(=O)n(C)c1=O. The number of anilines is 1. The molecular weight excluding hydrogens is 382 g/mol. The molecule has 2 N–H and O–H groups in total. The lowest BCUT2D eigenvalue weighted by molar-refractivity contribution is 0.482. The molecule has 0 atom stereocenters. The van der Waals surface area contributed by atoms with Crippen molar-refractivity contribution in [2.75, 3.05) is 4.72 Å². The summed E-state index contributed by atoms with van der Waals surface area (Å²) in [7, 11) is -1.78. The number of phenolic OH excluding ortho intramolecular Hbond substituents is 1. The van der Waals surface area contributed by atoms with Crippen molar-refractivity contribution in [3.63, 3.8) is 0 Å². The van der Waals surface area contributed by atoms with E-state index in [1.165, 1.54) is 20.2 Å². The van der Waals surface area contributed by atoms with Crippen LogP contribution in [0.4, 0.5) is 5.69 Å². The fraction of sp³-hybridized carbons (Fsp3) is 0.125. The highest BCUT2D eigenvalue weighted by Gasteiger charge is 2.23. The zero-order chi connectivity index (χ0) is 19.2. The van der Waals surface area contributed by atoms with Crippen LogP contribution in [0.25, 0.3) is 10.8 Å². The first-order valence-corrected chi connectivity index (χ1v) is 9.19. The van der Waals surface area contributed by atoms with Gasteiger partial charge in [-0.1, -0.05) is 35.9 Å². The second-order valence-corrected chi connectivity index (χ2v) is 7.71. The van der Waals surface area contributed by atoms with Crippen molar-refractivity contribution in [1.82, 2.24) is 9.13 Å². The zero-order valence-electron chi connectivity index (χ0n) is 13.7. The lowest BCUT2D eigenvalue weighted by Gasteiger charge is -2.13. The smallest absolute Gasteiger partial charge is 0.330 e. The summed E-state index contributed by atoms with van der Waals surface area (Å²) in [4.78, 5) is 23.4. The van der Waals surface area contributed by atoms with E-state index in [9.17, 15) is 23.1 Å². The third-order valence-electron chi connectivity index (χ3n) is 3.92. The Hall–Kier alpha value is -2.78. The van der Waals surface area contributed by atoms with Gasteiger partial charge in [0.15, 0.2) is 4.90 Å². The summed E-state index contributed by atoms with van der Waals surface area (Å²) < 4.78 is 29.5. The molecule has 0 aliphatic heterocycles. The molecule has 3 aromatic rings. The van der Waals surface area contributed by atoms with Gasteiger partial charge in [-0.3, -0.25) is 14.1 Å². The van der Waals surface area contributed by atoms with Crippen LogP contribution >= 0.6 is 11.6 Å².